The number of carbonyl (C=O) groups excluding carboxylic acids is 2. The molecule has 0 atom stereocenters. The fourth-order valence-corrected chi connectivity index (χ4v) is 1.68. The molecule has 3 heterocycles. The van der Waals surface area contributed by atoms with Crippen LogP contribution in [0.3, 0.4) is 0 Å². The summed E-state index contributed by atoms with van der Waals surface area (Å²) in [6, 6.07) is 0. The molecule has 0 saturated heterocycles. The molecule has 3 aromatic rings. The standard InChI is InChI=1S/C10H8N8O5/c1-3(19)11-9-7(15-22-17-9)5-6(14-21-13-5)8-10(12-4(2)20)18-23-16-8/h1-2H3,(H,11,17,19)(H,12,18,20). The van der Waals surface area contributed by atoms with E-state index < -0.39 is 0 Å². The van der Waals surface area contributed by atoms with Gasteiger partial charge in [-0.2, -0.15) is 0 Å². The summed E-state index contributed by atoms with van der Waals surface area (Å²) in [5.41, 5.74) is 0.260. The van der Waals surface area contributed by atoms with Gasteiger partial charge in [0, 0.05) is 13.8 Å². The topological polar surface area (TPSA) is 175 Å². The molecule has 0 aliphatic carbocycles. The van der Waals surface area contributed by atoms with Crippen molar-refractivity contribution in [2.45, 2.75) is 13.8 Å². The number of nitrogens with one attached hydrogen (secondary N) is 2. The van der Waals surface area contributed by atoms with Crippen molar-refractivity contribution in [3.63, 3.8) is 0 Å². The van der Waals surface area contributed by atoms with Gasteiger partial charge in [0.15, 0.2) is 22.8 Å². The Morgan fingerprint density at radius 1 is 0.652 bits per heavy atom. The molecule has 2 amide bonds. The Kier molecular flexibility index (Phi) is 3.50. The van der Waals surface area contributed by atoms with E-state index in [0.717, 1.165) is 0 Å². The first-order chi connectivity index (χ1) is 11.1. The van der Waals surface area contributed by atoms with Crippen molar-refractivity contribution >= 4 is 23.5 Å². The molecule has 118 valence electrons. The zero-order chi connectivity index (χ0) is 16.4. The summed E-state index contributed by atoms with van der Waals surface area (Å²) >= 11 is 0. The Morgan fingerprint density at radius 3 is 1.39 bits per heavy atom. The first-order valence-corrected chi connectivity index (χ1v) is 6.10. The Morgan fingerprint density at radius 2 is 1.00 bits per heavy atom. The molecule has 23 heavy (non-hydrogen) atoms. The zero-order valence-electron chi connectivity index (χ0n) is 11.7. The Hall–Kier alpha value is -3.64. The normalized spacial score (nSPS) is 10.5. The summed E-state index contributed by atoms with van der Waals surface area (Å²) in [5.74, 6) is -0.733. The average Bonchev–Trinajstić information content (AvgIpc) is 3.15. The summed E-state index contributed by atoms with van der Waals surface area (Å²) in [4.78, 5) is 22.3. The maximum absolute atomic E-state index is 11.2. The molecule has 3 aromatic heterocycles. The van der Waals surface area contributed by atoms with Crippen LogP contribution in [-0.2, 0) is 9.59 Å². The van der Waals surface area contributed by atoms with Crippen LogP contribution >= 0.6 is 0 Å². The number of aromatic nitrogens is 6. The lowest BCUT2D eigenvalue weighted by molar-refractivity contribution is -0.115. The molecule has 0 aromatic carbocycles. The summed E-state index contributed by atoms with van der Waals surface area (Å²) in [6.45, 7) is 2.58. The summed E-state index contributed by atoms with van der Waals surface area (Å²) in [6.07, 6.45) is 0. The maximum Gasteiger partial charge on any atom is 0.222 e. The van der Waals surface area contributed by atoms with E-state index in [1.807, 2.05) is 0 Å². The van der Waals surface area contributed by atoms with Gasteiger partial charge in [-0.3, -0.25) is 9.59 Å². The largest absolute Gasteiger partial charge is 0.306 e. The number of hydrogen-bond acceptors (Lipinski definition) is 11. The van der Waals surface area contributed by atoms with Crippen LogP contribution in [0.4, 0.5) is 11.6 Å². The van der Waals surface area contributed by atoms with E-state index >= 15 is 0 Å². The van der Waals surface area contributed by atoms with Gasteiger partial charge in [0.1, 0.15) is 0 Å². The molecule has 0 saturated carbocycles. The van der Waals surface area contributed by atoms with Crippen LogP contribution in [0.5, 0.6) is 0 Å². The minimum absolute atomic E-state index is 0.0204. The maximum atomic E-state index is 11.2. The smallest absolute Gasteiger partial charge is 0.222 e. The van der Waals surface area contributed by atoms with E-state index in [0.29, 0.717) is 0 Å². The van der Waals surface area contributed by atoms with Gasteiger partial charge in [-0.05, 0) is 30.9 Å². The molecule has 3 rings (SSSR count). The van der Waals surface area contributed by atoms with E-state index in [-0.39, 0.29) is 46.2 Å². The number of hydrogen-bond donors (Lipinski definition) is 2. The molecule has 0 bridgehead atoms. The van der Waals surface area contributed by atoms with Crippen molar-refractivity contribution < 1.29 is 23.5 Å². The molecule has 0 aliphatic heterocycles. The lowest BCUT2D eigenvalue weighted by atomic mass is 10.2. The minimum atomic E-state index is -0.387. The molecule has 2 N–H and O–H groups in total. The molecular weight excluding hydrogens is 312 g/mol. The van der Waals surface area contributed by atoms with Crippen LogP contribution in [0.1, 0.15) is 13.8 Å². The van der Waals surface area contributed by atoms with E-state index in [2.05, 4.69) is 55.5 Å². The summed E-state index contributed by atoms with van der Waals surface area (Å²) in [5, 5.41) is 26.6. The van der Waals surface area contributed by atoms with Gasteiger partial charge in [0.2, 0.25) is 23.5 Å². The second kappa shape index (κ2) is 5.63. The van der Waals surface area contributed by atoms with Gasteiger partial charge in [-0.15, -0.1) is 0 Å². The van der Waals surface area contributed by atoms with Gasteiger partial charge < -0.3 is 10.6 Å². The zero-order valence-corrected chi connectivity index (χ0v) is 11.7. The number of nitrogens with zero attached hydrogens (tertiary/aromatic N) is 6. The minimum Gasteiger partial charge on any atom is -0.306 e. The molecular formula is C10H8N8O5. The van der Waals surface area contributed by atoms with Crippen LogP contribution in [0.25, 0.3) is 22.8 Å². The fourth-order valence-electron chi connectivity index (χ4n) is 1.68. The van der Waals surface area contributed by atoms with Crippen LogP contribution in [-0.4, -0.2) is 42.8 Å². The molecule has 0 fully saturated rings. The summed E-state index contributed by atoms with van der Waals surface area (Å²) < 4.78 is 13.8. The monoisotopic (exact) mass is 320 g/mol. The molecule has 0 radical (unpaired) electrons. The van der Waals surface area contributed by atoms with Crippen LogP contribution in [0.2, 0.25) is 0 Å². The Bertz CT molecular complexity index is 795. The molecule has 0 unspecified atom stereocenters. The van der Waals surface area contributed by atoms with Gasteiger partial charge >= 0.3 is 0 Å². The average molecular weight is 320 g/mol. The lowest BCUT2D eigenvalue weighted by Crippen LogP contribution is -2.08. The van der Waals surface area contributed by atoms with E-state index in [4.69, 9.17) is 0 Å². The predicted molar refractivity (Wildman–Crippen MR) is 69.5 cm³/mol. The van der Waals surface area contributed by atoms with Gasteiger partial charge in [-0.25, -0.2) is 13.9 Å². The highest BCUT2D eigenvalue weighted by molar-refractivity contribution is 5.94. The predicted octanol–water partition coefficient (Wildman–Crippen LogP) is 0.0864. The first kappa shape index (κ1) is 14.3. The first-order valence-electron chi connectivity index (χ1n) is 6.10. The SMILES string of the molecule is CC(=O)Nc1nonc1-c1nonc1-c1nonc1NC(C)=O. The highest BCUT2D eigenvalue weighted by Gasteiger charge is 2.27. The van der Waals surface area contributed by atoms with E-state index in [1.54, 1.807) is 0 Å². The second-order valence-corrected chi connectivity index (χ2v) is 4.25. The molecule has 0 spiro atoms. The van der Waals surface area contributed by atoms with Crippen molar-refractivity contribution in [2.24, 2.45) is 0 Å². The molecule has 13 heteroatoms. The highest BCUT2D eigenvalue weighted by Crippen LogP contribution is 2.33. The lowest BCUT2D eigenvalue weighted by Gasteiger charge is -1.98. The molecule has 13 nitrogen and oxygen atoms in total. The molecule has 0 aliphatic rings. The Labute approximate surface area is 126 Å². The van der Waals surface area contributed by atoms with E-state index in [9.17, 15) is 9.59 Å². The number of carbonyl (C=O) groups is 2. The third kappa shape index (κ3) is 2.74. The van der Waals surface area contributed by atoms with Gasteiger partial charge in [0.05, 0.1) is 0 Å². The van der Waals surface area contributed by atoms with Crippen molar-refractivity contribution in [1.29, 1.82) is 0 Å². The highest BCUT2D eigenvalue weighted by atomic mass is 16.6. The Balaban J connectivity index is 2.04. The number of anilines is 2. The second-order valence-electron chi connectivity index (χ2n) is 4.25. The fraction of sp³-hybridized carbons (Fsp3) is 0.200. The van der Waals surface area contributed by atoms with Crippen molar-refractivity contribution in [1.82, 2.24) is 30.9 Å². The number of rotatable bonds is 4. The van der Waals surface area contributed by atoms with Crippen LogP contribution in [0, 0.1) is 0 Å². The van der Waals surface area contributed by atoms with E-state index in [1.165, 1.54) is 13.8 Å². The van der Waals surface area contributed by atoms with Crippen molar-refractivity contribution in [3.05, 3.63) is 0 Å². The third-order valence-corrected chi connectivity index (χ3v) is 2.50. The number of amides is 2. The quantitative estimate of drug-likeness (QED) is 0.665. The van der Waals surface area contributed by atoms with Crippen molar-refractivity contribution in [3.8, 4) is 22.8 Å². The van der Waals surface area contributed by atoms with Gasteiger partial charge in [-0.1, -0.05) is 0 Å². The van der Waals surface area contributed by atoms with Gasteiger partial charge in [0.25, 0.3) is 0 Å². The van der Waals surface area contributed by atoms with Crippen molar-refractivity contribution in [2.75, 3.05) is 10.6 Å². The van der Waals surface area contributed by atoms with Crippen LogP contribution < -0.4 is 10.6 Å². The van der Waals surface area contributed by atoms with Crippen LogP contribution in [0.15, 0.2) is 13.9 Å². The third-order valence-electron chi connectivity index (χ3n) is 2.50. The summed E-state index contributed by atoms with van der Waals surface area (Å²) in [7, 11) is 0.